The zero-order chi connectivity index (χ0) is 14.3. The Balaban J connectivity index is 2.36. The van der Waals surface area contributed by atoms with Crippen LogP contribution in [0.15, 0.2) is 36.7 Å². The molecule has 1 aliphatic heterocycles. The number of hydrogen-bond donors (Lipinski definition) is 0. The van der Waals surface area contributed by atoms with E-state index >= 15 is 0 Å². The SMILES string of the molecule is CCC1c2ncccc2N(C)C(=O)c2ccc[n+]([O-])c21. The normalized spacial score (nSPS) is 17.4. The van der Waals surface area contributed by atoms with Gasteiger partial charge in [0.1, 0.15) is 5.56 Å². The molecule has 0 saturated heterocycles. The van der Waals surface area contributed by atoms with Crippen molar-refractivity contribution in [3.63, 3.8) is 0 Å². The summed E-state index contributed by atoms with van der Waals surface area (Å²) in [6, 6.07) is 6.98. The molecule has 102 valence electrons. The first-order valence-corrected chi connectivity index (χ1v) is 6.60. The van der Waals surface area contributed by atoms with Gasteiger partial charge in [-0.2, -0.15) is 4.73 Å². The van der Waals surface area contributed by atoms with Gasteiger partial charge in [-0.05, 0) is 24.6 Å². The van der Waals surface area contributed by atoms with Crippen LogP contribution in [0.1, 0.15) is 41.0 Å². The van der Waals surface area contributed by atoms with Crippen LogP contribution in [0.2, 0.25) is 0 Å². The number of carbonyl (C=O) groups excluding carboxylic acids is 1. The molecule has 5 heteroatoms. The summed E-state index contributed by atoms with van der Waals surface area (Å²) in [7, 11) is 1.72. The molecular formula is C15H15N3O2. The Morgan fingerprint density at radius 3 is 2.95 bits per heavy atom. The Hall–Kier alpha value is -2.43. The largest absolute Gasteiger partial charge is 0.618 e. The molecule has 2 aromatic rings. The van der Waals surface area contributed by atoms with Gasteiger partial charge in [-0.25, -0.2) is 0 Å². The van der Waals surface area contributed by atoms with E-state index in [1.807, 2.05) is 13.0 Å². The molecule has 0 fully saturated rings. The zero-order valence-electron chi connectivity index (χ0n) is 11.4. The second kappa shape index (κ2) is 4.59. The number of amides is 1. The Morgan fingerprint density at radius 1 is 1.40 bits per heavy atom. The summed E-state index contributed by atoms with van der Waals surface area (Å²) in [5.74, 6) is -0.343. The van der Waals surface area contributed by atoms with Gasteiger partial charge in [-0.3, -0.25) is 9.78 Å². The van der Waals surface area contributed by atoms with Gasteiger partial charge in [0, 0.05) is 19.3 Å². The Morgan fingerprint density at radius 2 is 2.20 bits per heavy atom. The maximum atomic E-state index is 12.6. The topological polar surface area (TPSA) is 60.1 Å². The molecule has 1 unspecified atom stereocenters. The summed E-state index contributed by atoms with van der Waals surface area (Å²) in [5.41, 5.74) is 2.49. The first-order chi connectivity index (χ1) is 9.65. The molecule has 1 aliphatic rings. The molecular weight excluding hydrogens is 254 g/mol. The van der Waals surface area contributed by atoms with Crippen molar-refractivity contribution in [1.82, 2.24) is 4.98 Å². The van der Waals surface area contributed by atoms with Gasteiger partial charge in [0.2, 0.25) is 5.69 Å². The van der Waals surface area contributed by atoms with Gasteiger partial charge in [0.05, 0.1) is 17.3 Å². The highest BCUT2D eigenvalue weighted by Crippen LogP contribution is 2.36. The lowest BCUT2D eigenvalue weighted by atomic mass is 9.94. The average Bonchev–Trinajstić information content (AvgIpc) is 2.56. The zero-order valence-corrected chi connectivity index (χ0v) is 11.4. The molecule has 5 nitrogen and oxygen atoms in total. The maximum absolute atomic E-state index is 12.6. The van der Waals surface area contributed by atoms with Gasteiger partial charge in [-0.1, -0.05) is 6.92 Å². The summed E-state index contributed by atoms with van der Waals surface area (Å²) in [6.07, 6.45) is 3.84. The number of hydrogen-bond acceptors (Lipinski definition) is 3. The van der Waals surface area contributed by atoms with Crippen LogP contribution in [-0.2, 0) is 0 Å². The quantitative estimate of drug-likeness (QED) is 0.586. The molecule has 1 atom stereocenters. The molecule has 0 aliphatic carbocycles. The van der Waals surface area contributed by atoms with Crippen LogP contribution in [0, 0.1) is 5.21 Å². The maximum Gasteiger partial charge on any atom is 0.264 e. The Labute approximate surface area is 117 Å². The molecule has 0 aromatic carbocycles. The van der Waals surface area contributed by atoms with E-state index in [0.29, 0.717) is 17.7 Å². The van der Waals surface area contributed by atoms with Crippen LogP contribution < -0.4 is 9.63 Å². The summed E-state index contributed by atoms with van der Waals surface area (Å²) in [6.45, 7) is 2.00. The number of nitrogens with zero attached hydrogens (tertiary/aromatic N) is 3. The van der Waals surface area contributed by atoms with Crippen LogP contribution >= 0.6 is 0 Å². The highest BCUT2D eigenvalue weighted by atomic mass is 16.5. The number of rotatable bonds is 1. The van der Waals surface area contributed by atoms with E-state index in [2.05, 4.69) is 4.98 Å². The van der Waals surface area contributed by atoms with Crippen molar-refractivity contribution in [3.05, 3.63) is 58.8 Å². The molecule has 2 aromatic heterocycles. The lowest BCUT2D eigenvalue weighted by molar-refractivity contribution is -0.615. The van der Waals surface area contributed by atoms with Crippen LogP contribution in [0.4, 0.5) is 5.69 Å². The van der Waals surface area contributed by atoms with Gasteiger partial charge in [0.25, 0.3) is 5.91 Å². The van der Waals surface area contributed by atoms with Crippen LogP contribution in [-0.4, -0.2) is 17.9 Å². The number of carbonyl (C=O) groups is 1. The van der Waals surface area contributed by atoms with E-state index in [9.17, 15) is 10.0 Å². The fourth-order valence-electron chi connectivity index (χ4n) is 2.79. The number of fused-ring (bicyclic) bond motifs is 2. The second-order valence-electron chi connectivity index (χ2n) is 4.87. The third-order valence-corrected chi connectivity index (χ3v) is 3.78. The molecule has 20 heavy (non-hydrogen) atoms. The van der Waals surface area contributed by atoms with Crippen molar-refractivity contribution in [3.8, 4) is 0 Å². The highest BCUT2D eigenvalue weighted by molar-refractivity contribution is 6.07. The third-order valence-electron chi connectivity index (χ3n) is 3.78. The van der Waals surface area contributed by atoms with Gasteiger partial charge in [0.15, 0.2) is 6.20 Å². The fourth-order valence-corrected chi connectivity index (χ4v) is 2.79. The van der Waals surface area contributed by atoms with Gasteiger partial charge in [-0.15, -0.1) is 0 Å². The van der Waals surface area contributed by atoms with Crippen molar-refractivity contribution < 1.29 is 9.52 Å². The van der Waals surface area contributed by atoms with Crippen molar-refractivity contribution in [2.75, 3.05) is 11.9 Å². The smallest absolute Gasteiger partial charge is 0.264 e. The van der Waals surface area contributed by atoms with E-state index in [-0.39, 0.29) is 11.8 Å². The molecule has 0 spiro atoms. The van der Waals surface area contributed by atoms with E-state index in [1.165, 1.54) is 6.20 Å². The van der Waals surface area contributed by atoms with Crippen LogP contribution in [0.3, 0.4) is 0 Å². The van der Waals surface area contributed by atoms with Crippen LogP contribution in [0.5, 0.6) is 0 Å². The molecule has 3 rings (SSSR count). The van der Waals surface area contributed by atoms with E-state index < -0.39 is 0 Å². The molecule has 3 heterocycles. The number of pyridine rings is 2. The molecule has 0 radical (unpaired) electrons. The van der Waals surface area contributed by atoms with Gasteiger partial charge >= 0.3 is 0 Å². The molecule has 0 N–H and O–H groups in total. The monoisotopic (exact) mass is 269 g/mol. The summed E-state index contributed by atoms with van der Waals surface area (Å²) >= 11 is 0. The van der Waals surface area contributed by atoms with E-state index in [1.54, 1.807) is 36.3 Å². The van der Waals surface area contributed by atoms with E-state index in [4.69, 9.17) is 0 Å². The van der Waals surface area contributed by atoms with Crippen molar-refractivity contribution in [2.45, 2.75) is 19.3 Å². The van der Waals surface area contributed by atoms with Crippen molar-refractivity contribution in [2.24, 2.45) is 0 Å². The highest BCUT2D eigenvalue weighted by Gasteiger charge is 2.36. The first-order valence-electron chi connectivity index (χ1n) is 6.60. The average molecular weight is 269 g/mol. The number of aromatic nitrogens is 2. The minimum Gasteiger partial charge on any atom is -0.618 e. The van der Waals surface area contributed by atoms with Crippen molar-refractivity contribution in [1.29, 1.82) is 0 Å². The first kappa shape index (κ1) is 12.6. The third kappa shape index (κ3) is 1.66. The fraction of sp³-hybridized carbons (Fsp3) is 0.267. The van der Waals surface area contributed by atoms with E-state index in [0.717, 1.165) is 16.1 Å². The summed E-state index contributed by atoms with van der Waals surface area (Å²) in [5, 5.41) is 12.2. The molecule has 1 amide bonds. The van der Waals surface area contributed by atoms with Gasteiger partial charge < -0.3 is 10.1 Å². The molecule has 0 saturated carbocycles. The standard InChI is InChI=1S/C15H15N3O2/c1-3-10-13-12(7-4-8-16-13)17(2)15(19)11-6-5-9-18(20)14(10)11/h4-10H,3H2,1-2H3. The summed E-state index contributed by atoms with van der Waals surface area (Å²) in [4.78, 5) is 18.5. The lowest BCUT2D eigenvalue weighted by Crippen LogP contribution is -2.36. The Bertz CT molecular complexity index is 685. The van der Waals surface area contributed by atoms with Crippen LogP contribution in [0.25, 0.3) is 0 Å². The Kier molecular flexibility index (Phi) is 2.89. The predicted molar refractivity (Wildman–Crippen MR) is 74.5 cm³/mol. The lowest BCUT2D eigenvalue weighted by Gasteiger charge is -2.17. The second-order valence-corrected chi connectivity index (χ2v) is 4.87. The minimum absolute atomic E-state index is 0.171. The predicted octanol–water partition coefficient (Wildman–Crippen LogP) is 1.85. The van der Waals surface area contributed by atoms with Crippen molar-refractivity contribution >= 4 is 11.6 Å². The minimum atomic E-state index is -0.172. The number of anilines is 1. The summed E-state index contributed by atoms with van der Waals surface area (Å²) < 4.78 is 0.791. The molecule has 0 bridgehead atoms.